The summed E-state index contributed by atoms with van der Waals surface area (Å²) in [5, 5.41) is 0. The number of hydrogen-bond donors (Lipinski definition) is 0. The van der Waals surface area contributed by atoms with Gasteiger partial charge in [-0.25, -0.2) is 0 Å². The zero-order valence-electron chi connectivity index (χ0n) is 13.0. The van der Waals surface area contributed by atoms with E-state index in [1.165, 1.54) is 32.2 Å². The molecule has 1 heterocycles. The van der Waals surface area contributed by atoms with E-state index in [0.29, 0.717) is 5.78 Å². The summed E-state index contributed by atoms with van der Waals surface area (Å²) in [5.74, 6) is 4.82. The van der Waals surface area contributed by atoms with Crippen LogP contribution in [0.5, 0.6) is 0 Å². The Morgan fingerprint density at radius 1 is 1.26 bits per heavy atom. The highest BCUT2D eigenvalue weighted by Gasteiger charge is 2.38. The molecule has 0 aromatic heterocycles. The van der Waals surface area contributed by atoms with Gasteiger partial charge in [0, 0.05) is 32.5 Å². The maximum Gasteiger partial charge on any atom is 0.135 e. The Morgan fingerprint density at radius 3 is 2.58 bits per heavy atom. The van der Waals surface area contributed by atoms with Crippen molar-refractivity contribution in [1.82, 2.24) is 4.90 Å². The van der Waals surface area contributed by atoms with Gasteiger partial charge in [0.2, 0.25) is 0 Å². The molecule has 3 atom stereocenters. The summed E-state index contributed by atoms with van der Waals surface area (Å²) in [6.45, 7) is 10.2. The van der Waals surface area contributed by atoms with Gasteiger partial charge in [-0.05, 0) is 30.6 Å². The van der Waals surface area contributed by atoms with Gasteiger partial charge in [0.1, 0.15) is 5.78 Å². The number of ketones is 1. The summed E-state index contributed by atoms with van der Waals surface area (Å²) < 4.78 is 0. The van der Waals surface area contributed by atoms with Crippen LogP contribution in [0, 0.1) is 23.7 Å². The lowest BCUT2D eigenvalue weighted by Crippen LogP contribution is -2.35. The fourth-order valence-electron chi connectivity index (χ4n) is 3.31. The molecule has 0 N–H and O–H groups in total. The first kappa shape index (κ1) is 15.0. The van der Waals surface area contributed by atoms with Crippen LogP contribution in [0.3, 0.4) is 0 Å². The largest absolute Gasteiger partial charge is 0.320 e. The highest BCUT2D eigenvalue weighted by molar-refractivity contribution is 5.79. The molecule has 2 fully saturated rings. The minimum absolute atomic E-state index is 0.461. The third kappa shape index (κ3) is 5.25. The predicted molar refractivity (Wildman–Crippen MR) is 79.9 cm³/mol. The number of nitrogens with zero attached hydrogens (tertiary/aromatic N) is 1. The quantitative estimate of drug-likeness (QED) is 0.653. The van der Waals surface area contributed by atoms with Crippen molar-refractivity contribution >= 4 is 5.78 Å². The first-order valence-electron chi connectivity index (χ1n) is 8.07. The average molecular weight is 264 g/mol. The van der Waals surface area contributed by atoms with Crippen molar-refractivity contribution in [2.45, 2.75) is 59.3 Å². The molecule has 0 amide bonds. The predicted octanol–water partition coefficient (Wildman–Crippen LogP) is 3.71. The summed E-state index contributed by atoms with van der Waals surface area (Å²) in [7, 11) is 0. The zero-order valence-corrected chi connectivity index (χ0v) is 13.0. The fourth-order valence-corrected chi connectivity index (χ4v) is 3.31. The molecule has 19 heavy (non-hydrogen) atoms. The summed E-state index contributed by atoms with van der Waals surface area (Å²) in [4.78, 5) is 13.7. The van der Waals surface area contributed by atoms with Crippen LogP contribution in [-0.2, 0) is 4.79 Å². The smallest absolute Gasteiger partial charge is 0.135 e. The van der Waals surface area contributed by atoms with Crippen molar-refractivity contribution in [3.63, 3.8) is 0 Å². The number of hydrogen-bond acceptors (Lipinski definition) is 2. The van der Waals surface area contributed by atoms with E-state index in [2.05, 4.69) is 25.7 Å². The van der Waals surface area contributed by atoms with Crippen LogP contribution in [0.4, 0.5) is 0 Å². The van der Waals surface area contributed by atoms with Gasteiger partial charge in [-0.1, -0.05) is 13.3 Å². The maximum absolute atomic E-state index is 11.2. The van der Waals surface area contributed by atoms with E-state index in [-0.39, 0.29) is 0 Å². The van der Waals surface area contributed by atoms with Crippen LogP contribution in [0.2, 0.25) is 0 Å². The van der Waals surface area contributed by atoms with Crippen LogP contribution in [-0.4, -0.2) is 30.3 Å². The van der Waals surface area contributed by atoms with Crippen LogP contribution < -0.4 is 0 Å². The first-order chi connectivity index (χ1) is 9.04. The van der Waals surface area contributed by atoms with Crippen LogP contribution in [0.1, 0.15) is 59.3 Å². The van der Waals surface area contributed by atoms with Crippen LogP contribution >= 0.6 is 0 Å². The third-order valence-corrected chi connectivity index (χ3v) is 4.82. The van der Waals surface area contributed by atoms with E-state index >= 15 is 0 Å². The molecule has 1 aliphatic heterocycles. The van der Waals surface area contributed by atoms with E-state index in [1.54, 1.807) is 5.92 Å². The number of Topliss-reactive ketones (excluding diaryl/α,β-unsaturated/α-hetero) is 1. The number of rotatable bonds is 7. The van der Waals surface area contributed by atoms with Gasteiger partial charge in [-0.15, -0.1) is 0 Å². The van der Waals surface area contributed by atoms with Crippen molar-refractivity contribution in [2.24, 2.45) is 17.8 Å². The Balaban J connectivity index is 1.58. The number of carbonyl (C=O) groups excluding carboxylic acids is 1. The normalized spacial score (nSPS) is 29.8. The van der Waals surface area contributed by atoms with Crippen molar-refractivity contribution in [3.05, 3.63) is 5.92 Å². The molecule has 2 rings (SSSR count). The Kier molecular flexibility index (Phi) is 5.44. The molecular weight excluding hydrogens is 234 g/mol. The molecule has 3 unspecified atom stereocenters. The molecule has 0 aromatic carbocycles. The van der Waals surface area contributed by atoms with Crippen LogP contribution in [0.25, 0.3) is 0 Å². The molecule has 0 radical (unpaired) electrons. The van der Waals surface area contributed by atoms with Crippen molar-refractivity contribution < 1.29 is 4.79 Å². The van der Waals surface area contributed by atoms with E-state index in [4.69, 9.17) is 0 Å². The van der Waals surface area contributed by atoms with Gasteiger partial charge in [0.05, 0.1) is 0 Å². The summed E-state index contributed by atoms with van der Waals surface area (Å²) in [6, 6.07) is 0. The first-order valence-corrected chi connectivity index (χ1v) is 8.07. The summed E-state index contributed by atoms with van der Waals surface area (Å²) in [5.41, 5.74) is 0. The summed E-state index contributed by atoms with van der Waals surface area (Å²) >= 11 is 0. The minimum Gasteiger partial charge on any atom is -0.320 e. The Labute approximate surface area is 118 Å². The molecule has 0 spiro atoms. The molecule has 1 saturated carbocycles. The molecule has 2 nitrogen and oxygen atoms in total. The fraction of sp³-hybridized carbons (Fsp3) is 0.882. The second kappa shape index (κ2) is 6.88. The Hall–Kier alpha value is -0.370. The highest BCUT2D eigenvalue weighted by atomic mass is 16.1. The van der Waals surface area contributed by atoms with E-state index < -0.39 is 0 Å². The number of likely N-dealkylation sites (tertiary alicyclic amines) is 1. The maximum atomic E-state index is 11.2. The van der Waals surface area contributed by atoms with E-state index in [9.17, 15) is 4.79 Å². The average Bonchev–Trinajstić information content (AvgIpc) is 3.07. The lowest BCUT2D eigenvalue weighted by Gasteiger charge is -2.26. The van der Waals surface area contributed by atoms with Crippen molar-refractivity contribution in [3.8, 4) is 0 Å². The Morgan fingerprint density at radius 2 is 1.95 bits per heavy atom. The molecular formula is C17H30NO-. The molecule has 1 saturated heterocycles. The van der Waals surface area contributed by atoms with Gasteiger partial charge < -0.3 is 10.8 Å². The van der Waals surface area contributed by atoms with Crippen molar-refractivity contribution in [1.29, 1.82) is 0 Å². The number of carbonyl (C=O) groups is 1. The molecule has 0 bridgehead atoms. The van der Waals surface area contributed by atoms with Crippen LogP contribution in [0.15, 0.2) is 0 Å². The van der Waals surface area contributed by atoms with E-state index in [0.717, 1.165) is 43.7 Å². The standard InChI is InChI=1S/C17H30NO/c1-13(2)4-5-14(3)10-15-11-16(15)12-18-8-6-17(19)7-9-18/h14-16H,4-12H2,1-3H3/q-1. The monoisotopic (exact) mass is 264 g/mol. The molecule has 2 aliphatic rings. The molecule has 2 heteroatoms. The zero-order chi connectivity index (χ0) is 13.8. The minimum atomic E-state index is 0.461. The van der Waals surface area contributed by atoms with Gasteiger partial charge in [0.25, 0.3) is 0 Å². The molecule has 0 aromatic rings. The Bertz CT molecular complexity index is 290. The summed E-state index contributed by atoms with van der Waals surface area (Å²) in [6.07, 6.45) is 7.10. The third-order valence-electron chi connectivity index (χ3n) is 4.82. The molecule has 110 valence electrons. The second-order valence-electron chi connectivity index (χ2n) is 7.18. The van der Waals surface area contributed by atoms with Gasteiger partial charge in [0.15, 0.2) is 0 Å². The van der Waals surface area contributed by atoms with Gasteiger partial charge >= 0.3 is 0 Å². The second-order valence-corrected chi connectivity index (χ2v) is 7.18. The number of piperidine rings is 1. The topological polar surface area (TPSA) is 20.3 Å². The van der Waals surface area contributed by atoms with Crippen molar-refractivity contribution in [2.75, 3.05) is 19.6 Å². The molecule has 1 aliphatic carbocycles. The van der Waals surface area contributed by atoms with Gasteiger partial charge in [-0.2, -0.15) is 20.3 Å². The SMILES string of the molecule is C[C-](C)CCC(C)CC1CC1CN1CCC(=O)CC1. The lowest BCUT2D eigenvalue weighted by molar-refractivity contribution is -0.121. The lowest BCUT2D eigenvalue weighted by atomic mass is 9.94. The highest BCUT2D eigenvalue weighted by Crippen LogP contribution is 2.44. The van der Waals surface area contributed by atoms with E-state index in [1.807, 2.05) is 0 Å². The van der Waals surface area contributed by atoms with Gasteiger partial charge in [-0.3, -0.25) is 4.79 Å².